The van der Waals surface area contributed by atoms with Gasteiger partial charge in [-0.2, -0.15) is 0 Å². The first kappa shape index (κ1) is 13.6. The molecule has 0 heterocycles. The molecule has 0 amide bonds. The number of halogens is 2. The highest BCUT2D eigenvalue weighted by atomic mass is 79.9. The van der Waals surface area contributed by atoms with Gasteiger partial charge in [0, 0.05) is 15.1 Å². The summed E-state index contributed by atoms with van der Waals surface area (Å²) in [6.07, 6.45) is -0.699. The average molecular weight is 326 g/mol. The van der Waals surface area contributed by atoms with E-state index in [-0.39, 0.29) is 0 Å². The van der Waals surface area contributed by atoms with E-state index in [0.29, 0.717) is 5.02 Å². The predicted molar refractivity (Wildman–Crippen MR) is 79.1 cm³/mol. The van der Waals surface area contributed by atoms with Crippen LogP contribution in [0.3, 0.4) is 0 Å². The van der Waals surface area contributed by atoms with E-state index in [1.807, 2.05) is 38.1 Å². The third-order valence-electron chi connectivity index (χ3n) is 2.97. The lowest BCUT2D eigenvalue weighted by Crippen LogP contribution is -2.03. The predicted octanol–water partition coefficient (Wildman–Crippen LogP) is 4.80. The van der Waals surface area contributed by atoms with E-state index in [9.17, 15) is 5.11 Å². The Morgan fingerprint density at radius 1 is 1.06 bits per heavy atom. The zero-order chi connectivity index (χ0) is 13.3. The third kappa shape index (κ3) is 2.77. The van der Waals surface area contributed by atoms with E-state index >= 15 is 0 Å². The molecule has 0 aliphatic heterocycles. The molecule has 0 spiro atoms. The number of rotatable bonds is 2. The zero-order valence-electron chi connectivity index (χ0n) is 10.2. The number of benzene rings is 2. The van der Waals surface area contributed by atoms with Crippen molar-refractivity contribution in [3.8, 4) is 0 Å². The van der Waals surface area contributed by atoms with Crippen LogP contribution in [0.2, 0.25) is 5.02 Å². The summed E-state index contributed by atoms with van der Waals surface area (Å²) in [7, 11) is 0. The maximum absolute atomic E-state index is 10.5. The molecule has 0 bridgehead atoms. The molecule has 0 saturated carbocycles. The summed E-state index contributed by atoms with van der Waals surface area (Å²) >= 11 is 9.54. The molecule has 0 fully saturated rings. The van der Waals surface area contributed by atoms with E-state index in [0.717, 1.165) is 21.2 Å². The minimum absolute atomic E-state index is 0.575. The smallest absolute Gasteiger partial charge is 0.106 e. The van der Waals surface area contributed by atoms with E-state index < -0.39 is 6.10 Å². The maximum Gasteiger partial charge on any atom is 0.106 e. The van der Waals surface area contributed by atoms with Crippen LogP contribution in [0.5, 0.6) is 0 Å². The van der Waals surface area contributed by atoms with Gasteiger partial charge in [0.25, 0.3) is 0 Å². The van der Waals surface area contributed by atoms with Gasteiger partial charge >= 0.3 is 0 Å². The second kappa shape index (κ2) is 5.43. The molecule has 2 rings (SSSR count). The van der Waals surface area contributed by atoms with Gasteiger partial charge in [-0.1, -0.05) is 51.3 Å². The monoisotopic (exact) mass is 324 g/mol. The fourth-order valence-corrected chi connectivity index (χ4v) is 2.62. The number of hydrogen-bond donors (Lipinski definition) is 1. The fraction of sp³-hybridized carbons (Fsp3) is 0.200. The van der Waals surface area contributed by atoms with Gasteiger partial charge in [-0.05, 0) is 43.2 Å². The molecule has 1 N–H and O–H groups in total. The number of aryl methyl sites for hydroxylation is 2. The second-order valence-corrected chi connectivity index (χ2v) is 5.75. The van der Waals surface area contributed by atoms with E-state index in [2.05, 4.69) is 22.0 Å². The quantitative estimate of drug-likeness (QED) is 0.841. The molecule has 1 atom stereocenters. The number of hydrogen-bond acceptors (Lipinski definition) is 1. The Morgan fingerprint density at radius 2 is 1.78 bits per heavy atom. The third-order valence-corrected chi connectivity index (χ3v) is 3.81. The molecule has 1 unspecified atom stereocenters. The minimum atomic E-state index is -0.699. The fourth-order valence-electron chi connectivity index (χ4n) is 2.02. The SMILES string of the molecule is Cc1ccc(C(O)c2cc(Br)ccc2Cl)c(C)c1. The van der Waals surface area contributed by atoms with Crippen molar-refractivity contribution in [3.63, 3.8) is 0 Å². The first-order valence-electron chi connectivity index (χ1n) is 5.69. The first-order valence-corrected chi connectivity index (χ1v) is 6.86. The highest BCUT2D eigenvalue weighted by Crippen LogP contribution is 2.32. The van der Waals surface area contributed by atoms with E-state index in [1.165, 1.54) is 5.56 Å². The second-order valence-electron chi connectivity index (χ2n) is 4.43. The zero-order valence-corrected chi connectivity index (χ0v) is 12.6. The van der Waals surface area contributed by atoms with Crippen LogP contribution in [0, 0.1) is 13.8 Å². The highest BCUT2D eigenvalue weighted by Gasteiger charge is 2.16. The molecule has 1 nitrogen and oxygen atoms in total. The van der Waals surface area contributed by atoms with Gasteiger partial charge in [0.15, 0.2) is 0 Å². The Labute approximate surface area is 121 Å². The largest absolute Gasteiger partial charge is 0.384 e. The van der Waals surface area contributed by atoms with Crippen molar-refractivity contribution in [2.45, 2.75) is 20.0 Å². The molecule has 0 radical (unpaired) electrons. The van der Waals surface area contributed by atoms with Gasteiger partial charge in [-0.15, -0.1) is 0 Å². The van der Waals surface area contributed by atoms with Crippen LogP contribution in [0.25, 0.3) is 0 Å². The van der Waals surface area contributed by atoms with Crippen molar-refractivity contribution in [1.29, 1.82) is 0 Å². The summed E-state index contributed by atoms with van der Waals surface area (Å²) in [6.45, 7) is 4.03. The van der Waals surface area contributed by atoms with E-state index in [4.69, 9.17) is 11.6 Å². The Balaban J connectivity index is 2.47. The average Bonchev–Trinajstić information content (AvgIpc) is 2.31. The summed E-state index contributed by atoms with van der Waals surface area (Å²) in [5.41, 5.74) is 3.86. The minimum Gasteiger partial charge on any atom is -0.384 e. The lowest BCUT2D eigenvalue weighted by atomic mass is 9.96. The van der Waals surface area contributed by atoms with Crippen molar-refractivity contribution < 1.29 is 5.11 Å². The van der Waals surface area contributed by atoms with Crippen LogP contribution in [-0.2, 0) is 0 Å². The normalized spacial score (nSPS) is 12.5. The summed E-state index contributed by atoms with van der Waals surface area (Å²) < 4.78 is 0.908. The maximum atomic E-state index is 10.5. The highest BCUT2D eigenvalue weighted by molar-refractivity contribution is 9.10. The van der Waals surface area contributed by atoms with Crippen molar-refractivity contribution in [2.24, 2.45) is 0 Å². The molecule has 2 aromatic carbocycles. The molecule has 0 aromatic heterocycles. The van der Waals surface area contributed by atoms with Gasteiger partial charge in [0.2, 0.25) is 0 Å². The van der Waals surface area contributed by atoms with Gasteiger partial charge in [0.1, 0.15) is 6.10 Å². The van der Waals surface area contributed by atoms with Gasteiger partial charge in [-0.3, -0.25) is 0 Å². The Hall–Kier alpha value is -0.830. The van der Waals surface area contributed by atoms with Crippen LogP contribution in [0.15, 0.2) is 40.9 Å². The molecular formula is C15H14BrClO. The van der Waals surface area contributed by atoms with Gasteiger partial charge < -0.3 is 5.11 Å². The molecule has 18 heavy (non-hydrogen) atoms. The molecule has 3 heteroatoms. The van der Waals surface area contributed by atoms with Crippen molar-refractivity contribution in [2.75, 3.05) is 0 Å². The lowest BCUT2D eigenvalue weighted by Gasteiger charge is -2.16. The molecular weight excluding hydrogens is 312 g/mol. The molecule has 0 aliphatic carbocycles. The molecule has 2 aromatic rings. The summed E-state index contributed by atoms with van der Waals surface area (Å²) in [5, 5.41) is 11.0. The van der Waals surface area contributed by atoms with Gasteiger partial charge in [0.05, 0.1) is 0 Å². The summed E-state index contributed by atoms with van der Waals surface area (Å²) in [6, 6.07) is 11.5. The van der Waals surface area contributed by atoms with Gasteiger partial charge in [-0.25, -0.2) is 0 Å². The molecule has 0 saturated heterocycles. The standard InChI is InChI=1S/C15H14BrClO/c1-9-3-5-12(10(2)7-9)15(18)13-8-11(16)4-6-14(13)17/h3-8,15,18H,1-2H3. The Morgan fingerprint density at radius 3 is 2.44 bits per heavy atom. The van der Waals surface area contributed by atoms with Crippen LogP contribution in [0.1, 0.15) is 28.4 Å². The molecule has 0 aliphatic rings. The van der Waals surface area contributed by atoms with Crippen LogP contribution in [-0.4, -0.2) is 5.11 Å². The Kier molecular flexibility index (Phi) is 4.10. The van der Waals surface area contributed by atoms with Crippen molar-refractivity contribution in [1.82, 2.24) is 0 Å². The number of aliphatic hydroxyl groups excluding tert-OH is 1. The summed E-state index contributed by atoms with van der Waals surface area (Å²) in [5.74, 6) is 0. The van der Waals surface area contributed by atoms with Crippen LogP contribution in [0.4, 0.5) is 0 Å². The topological polar surface area (TPSA) is 20.2 Å². The van der Waals surface area contributed by atoms with Crippen molar-refractivity contribution in [3.05, 3.63) is 68.1 Å². The number of aliphatic hydroxyl groups is 1. The van der Waals surface area contributed by atoms with E-state index in [1.54, 1.807) is 6.07 Å². The van der Waals surface area contributed by atoms with Crippen LogP contribution < -0.4 is 0 Å². The first-order chi connectivity index (χ1) is 8.49. The summed E-state index contributed by atoms with van der Waals surface area (Å²) in [4.78, 5) is 0. The van der Waals surface area contributed by atoms with Crippen LogP contribution >= 0.6 is 27.5 Å². The molecule has 94 valence electrons. The van der Waals surface area contributed by atoms with Crippen molar-refractivity contribution >= 4 is 27.5 Å². The lowest BCUT2D eigenvalue weighted by molar-refractivity contribution is 0.219. The Bertz CT molecular complexity index is 581.